The van der Waals surface area contributed by atoms with Crippen LogP contribution < -0.4 is 26.4 Å². The van der Waals surface area contributed by atoms with E-state index in [4.69, 9.17) is 29.5 Å². The van der Waals surface area contributed by atoms with Gasteiger partial charge in [0.25, 0.3) is 11.8 Å². The molecule has 5 N–H and O–H groups in total. The van der Waals surface area contributed by atoms with Gasteiger partial charge in [-0.3, -0.25) is 33.8 Å². The summed E-state index contributed by atoms with van der Waals surface area (Å²) in [4.78, 5) is 126. The molecule has 3 aromatic carbocycles. The fraction of sp³-hybridized carbons (Fsp3) is 0.484. The summed E-state index contributed by atoms with van der Waals surface area (Å²) >= 11 is 0. The first-order valence-corrected chi connectivity index (χ1v) is 29.5. The van der Waals surface area contributed by atoms with Gasteiger partial charge in [-0.2, -0.15) is 0 Å². The van der Waals surface area contributed by atoms with Crippen molar-refractivity contribution in [2.45, 2.75) is 111 Å². The Morgan fingerprint density at radius 1 is 0.851 bits per heavy atom. The molecule has 5 atom stereocenters. The summed E-state index contributed by atoms with van der Waals surface area (Å²) in [6, 6.07) is 12.7. The van der Waals surface area contributed by atoms with Crippen LogP contribution in [0, 0.1) is 43.4 Å². The second kappa shape index (κ2) is 28.0. The molecule has 0 unspecified atom stereocenters. The fourth-order valence-corrected chi connectivity index (χ4v) is 11.9. The Morgan fingerprint density at radius 2 is 1.57 bits per heavy atom. The Labute approximate surface area is 503 Å². The summed E-state index contributed by atoms with van der Waals surface area (Å²) in [5.74, 6) is -2.52. The Kier molecular flexibility index (Phi) is 20.1. The van der Waals surface area contributed by atoms with Crippen LogP contribution in [-0.2, 0) is 75.4 Å². The molecule has 2 fully saturated rings. The van der Waals surface area contributed by atoms with Gasteiger partial charge in [0.15, 0.2) is 5.78 Å². The number of carbonyl (C=O) groups excluding carboxylic acids is 9. The number of likely N-dealkylation sites (N-methyl/N-ethyl adjacent to an activating group) is 2. The molecule has 25 nitrogen and oxygen atoms in total. The van der Waals surface area contributed by atoms with E-state index in [-0.39, 0.29) is 89.4 Å². The zero-order valence-electron chi connectivity index (χ0n) is 49.9. The number of nitrogens with one attached hydrogen (secondary N) is 3. The number of aryl methyl sites for hydroxylation is 3. The van der Waals surface area contributed by atoms with Crippen molar-refractivity contribution in [2.75, 3.05) is 58.9 Å². The highest BCUT2D eigenvalue weighted by Gasteiger charge is 2.51. The van der Waals surface area contributed by atoms with Gasteiger partial charge in [0.2, 0.25) is 11.8 Å². The predicted molar refractivity (Wildman–Crippen MR) is 314 cm³/mol. The monoisotopic (exact) mass is 1200 g/mol. The smallest absolute Gasteiger partial charge is 0.445 e. The summed E-state index contributed by atoms with van der Waals surface area (Å²) in [6.45, 7) is 8.46. The van der Waals surface area contributed by atoms with Crippen molar-refractivity contribution in [1.82, 2.24) is 45.5 Å². The van der Waals surface area contributed by atoms with E-state index >= 15 is 0 Å². The summed E-state index contributed by atoms with van der Waals surface area (Å²) in [7, 11) is 3.16. The lowest BCUT2D eigenvalue weighted by atomic mass is 9.89. The van der Waals surface area contributed by atoms with Gasteiger partial charge in [-0.25, -0.2) is 23.9 Å². The molecule has 4 aliphatic rings. The molecule has 2 aromatic heterocycles. The molecular weight excluding hydrogens is 1120 g/mol. The first-order chi connectivity index (χ1) is 41.7. The average molecular weight is 1200 g/mol. The highest BCUT2D eigenvalue weighted by molar-refractivity contribution is 6.02. The second-order valence-corrected chi connectivity index (χ2v) is 23.1. The van der Waals surface area contributed by atoms with Crippen LogP contribution in [0.15, 0.2) is 60.9 Å². The van der Waals surface area contributed by atoms with Crippen LogP contribution in [-0.4, -0.2) is 148 Å². The highest BCUT2D eigenvalue weighted by atomic mass is 16.8. The molecule has 3 aliphatic carbocycles. The standard InChI is InChI=1S/C62H75N11O14/c1-35(2)57(67-53(75)34-83-27-26-72-51-18-16-45-44(15-17-50(51)68-69-72)49(45)33-85-62(82)87-73-54(76)19-20-55(73)77)52(74)29-40(8-7-22-65-59(63)79)58(78)66-41-12-9-38(10-13-41)32-84-60(80)70(5)24-25-71(6)61(81)86-42-14-11-39-28-46-36(3)43-21-23-64-31-48(43)37(4)56(46)47(39)30-42/h9-14,21,23,30-31,35,40,44-45,49,57H,7-8,15-20,22,24-29,32-34H2,1-6H3,(H,66,78)(H,67,75)(H3,63,65,79)/t40-,44-,45+,49-,57+/m1/s1. The molecule has 0 radical (unpaired) electrons. The number of fused-ring (bicyclic) bond motifs is 6. The molecule has 25 heteroatoms. The lowest BCUT2D eigenvalue weighted by molar-refractivity contribution is -0.177. The lowest BCUT2D eigenvalue weighted by Crippen LogP contribution is -2.47. The molecule has 1 saturated carbocycles. The van der Waals surface area contributed by atoms with Crippen molar-refractivity contribution in [2.24, 2.45) is 35.3 Å². The Morgan fingerprint density at radius 3 is 2.30 bits per heavy atom. The van der Waals surface area contributed by atoms with Crippen LogP contribution in [0.1, 0.15) is 98.0 Å². The van der Waals surface area contributed by atoms with Crippen molar-refractivity contribution in [3.63, 3.8) is 0 Å². The molecule has 87 heavy (non-hydrogen) atoms. The third-order valence-electron chi connectivity index (χ3n) is 16.9. The number of primary amides is 1. The van der Waals surface area contributed by atoms with E-state index in [9.17, 15) is 43.2 Å². The topological polar surface area (TPSA) is 315 Å². The third kappa shape index (κ3) is 15.3. The van der Waals surface area contributed by atoms with Crippen LogP contribution in [0.4, 0.5) is 24.9 Å². The van der Waals surface area contributed by atoms with Gasteiger partial charge >= 0.3 is 24.4 Å². The van der Waals surface area contributed by atoms with Gasteiger partial charge in [0.1, 0.15) is 19.0 Å². The van der Waals surface area contributed by atoms with Gasteiger partial charge < -0.3 is 50.4 Å². The Bertz CT molecular complexity index is 3420. The highest BCUT2D eigenvalue weighted by Crippen LogP contribution is 2.53. The van der Waals surface area contributed by atoms with Crippen molar-refractivity contribution < 1.29 is 66.9 Å². The number of ketones is 1. The van der Waals surface area contributed by atoms with Crippen LogP contribution in [0.25, 0.3) is 21.9 Å². The first-order valence-electron chi connectivity index (χ1n) is 29.5. The number of imide groups is 1. The van der Waals surface area contributed by atoms with E-state index in [1.54, 1.807) is 63.0 Å². The molecule has 1 aliphatic heterocycles. The number of rotatable bonds is 25. The SMILES string of the molecule is Cc1c2c(c(C)c3cnccc13)-c1cc(OC(=O)N(C)CCN(C)C(=O)OCc3ccc(NC(=O)[C@H](CCCNC(N)=O)CC(=O)[C@@H](NC(=O)COCCn4nnc5c4CC[C@H]4[C@@H](CC5)[C@H]4COC(=O)ON4C(=O)CCC4=O)C(C)C)cc3)ccc1C2. The molecule has 1 saturated heterocycles. The van der Waals surface area contributed by atoms with Crippen LogP contribution in [0.3, 0.4) is 0 Å². The molecule has 5 aromatic rings. The molecule has 0 spiro atoms. The van der Waals surface area contributed by atoms with Crippen molar-refractivity contribution in [3.05, 3.63) is 100 Å². The van der Waals surface area contributed by atoms with E-state index in [2.05, 4.69) is 45.1 Å². The molecule has 8 amide bonds. The van der Waals surface area contributed by atoms with E-state index in [1.807, 2.05) is 30.6 Å². The number of urea groups is 1. The molecular formula is C62H75N11O14. The number of amides is 8. The number of hydroxylamine groups is 2. The molecule has 0 bridgehead atoms. The predicted octanol–water partition coefficient (Wildman–Crippen LogP) is 6.49. The number of hydrogen-bond acceptors (Lipinski definition) is 17. The maximum Gasteiger partial charge on any atom is 0.533 e. The van der Waals surface area contributed by atoms with E-state index in [0.29, 0.717) is 59.7 Å². The van der Waals surface area contributed by atoms with Crippen molar-refractivity contribution in [1.29, 1.82) is 0 Å². The molecule has 9 rings (SSSR count). The zero-order chi connectivity index (χ0) is 62.1. The van der Waals surface area contributed by atoms with Crippen molar-refractivity contribution in [3.8, 4) is 16.9 Å². The number of ether oxygens (including phenoxy) is 4. The van der Waals surface area contributed by atoms with Crippen LogP contribution in [0.2, 0.25) is 0 Å². The van der Waals surface area contributed by atoms with Crippen LogP contribution >= 0.6 is 0 Å². The fourth-order valence-electron chi connectivity index (χ4n) is 11.9. The lowest BCUT2D eigenvalue weighted by Gasteiger charge is -2.24. The molecule has 462 valence electrons. The largest absolute Gasteiger partial charge is 0.533 e. The minimum absolute atomic E-state index is 0.00752. The number of nitrogens with two attached hydrogens (primary N) is 1. The minimum Gasteiger partial charge on any atom is -0.445 e. The second-order valence-electron chi connectivity index (χ2n) is 23.1. The maximum absolute atomic E-state index is 13.9. The Hall–Kier alpha value is -9.00. The Balaban J connectivity index is 0.690. The van der Waals surface area contributed by atoms with E-state index in [1.165, 1.54) is 26.3 Å². The number of benzene rings is 3. The number of anilines is 1. The van der Waals surface area contributed by atoms with Gasteiger partial charge in [-0.15, -0.1) is 5.10 Å². The van der Waals surface area contributed by atoms with E-state index in [0.717, 1.165) is 58.3 Å². The summed E-state index contributed by atoms with van der Waals surface area (Å²) in [5.41, 5.74) is 15.1. The number of Topliss-reactive ketones (excluding diaryl/α,β-unsaturated/α-hetero) is 1. The number of carbonyl (C=O) groups is 9. The number of hydrogen-bond donors (Lipinski definition) is 4. The number of pyridine rings is 1. The third-order valence-corrected chi connectivity index (χ3v) is 16.9. The van der Waals surface area contributed by atoms with Gasteiger partial charge in [-0.05, 0) is 157 Å². The minimum atomic E-state index is -1.08. The summed E-state index contributed by atoms with van der Waals surface area (Å²) in [5, 5.41) is 19.6. The van der Waals surface area contributed by atoms with E-state index < -0.39 is 60.0 Å². The normalized spacial score (nSPS) is 17.1. The molecule has 3 heterocycles. The van der Waals surface area contributed by atoms with Crippen LogP contribution in [0.5, 0.6) is 5.75 Å². The number of aromatic nitrogens is 4. The summed E-state index contributed by atoms with van der Waals surface area (Å²) in [6.07, 6.45) is 5.52. The van der Waals surface area contributed by atoms with Crippen molar-refractivity contribution >= 4 is 70.2 Å². The first kappa shape index (κ1) is 62.5. The quantitative estimate of drug-likeness (QED) is 0.0270. The average Bonchev–Trinajstić information content (AvgIpc) is 1.73. The maximum atomic E-state index is 13.9. The summed E-state index contributed by atoms with van der Waals surface area (Å²) < 4.78 is 24.1. The zero-order valence-corrected chi connectivity index (χ0v) is 49.9. The number of nitrogens with zero attached hydrogens (tertiary/aromatic N) is 7. The van der Waals surface area contributed by atoms with Gasteiger partial charge in [-0.1, -0.05) is 42.3 Å². The van der Waals surface area contributed by atoms with Gasteiger partial charge in [0.05, 0.1) is 37.2 Å². The van der Waals surface area contributed by atoms with Gasteiger partial charge in [0, 0.05) is 82.4 Å².